The highest BCUT2D eigenvalue weighted by Gasteiger charge is 2.32. The number of hydrogen-bond acceptors (Lipinski definition) is 4. The number of amides is 1. The van der Waals surface area contributed by atoms with Crippen molar-refractivity contribution in [3.63, 3.8) is 0 Å². The molecule has 2 aliphatic rings. The van der Waals surface area contributed by atoms with E-state index in [1.54, 1.807) is 11.3 Å². The Morgan fingerprint density at radius 3 is 3.04 bits per heavy atom. The third-order valence-electron chi connectivity index (χ3n) is 4.78. The second-order valence-electron chi connectivity index (χ2n) is 6.76. The van der Waals surface area contributed by atoms with Crippen LogP contribution < -0.4 is 0 Å². The van der Waals surface area contributed by atoms with Gasteiger partial charge in [-0.25, -0.2) is 0 Å². The molecule has 1 fully saturated rings. The molecule has 1 amide bonds. The van der Waals surface area contributed by atoms with Crippen molar-refractivity contribution in [2.45, 2.75) is 38.8 Å². The summed E-state index contributed by atoms with van der Waals surface area (Å²) in [6.45, 7) is 5.65. The van der Waals surface area contributed by atoms with Gasteiger partial charge in [-0.2, -0.15) is 16.4 Å². The number of ether oxygens (including phenoxy) is 1. The Kier molecular flexibility index (Phi) is 4.41. The molecule has 0 saturated heterocycles. The Hall–Kier alpha value is -1.66. The number of fused-ring (bicyclic) bond motifs is 1. The highest BCUT2D eigenvalue weighted by atomic mass is 32.1. The molecule has 3 heterocycles. The third-order valence-corrected chi connectivity index (χ3v) is 5.46. The van der Waals surface area contributed by atoms with Crippen LogP contribution in [0.25, 0.3) is 0 Å². The van der Waals surface area contributed by atoms with E-state index >= 15 is 0 Å². The van der Waals surface area contributed by atoms with Gasteiger partial charge in [0.05, 0.1) is 17.9 Å². The van der Waals surface area contributed by atoms with Gasteiger partial charge in [-0.15, -0.1) is 0 Å². The maximum absolute atomic E-state index is 12.7. The summed E-state index contributed by atoms with van der Waals surface area (Å²) >= 11 is 1.56. The summed E-state index contributed by atoms with van der Waals surface area (Å²) in [5.74, 6) is 1.07. The largest absolute Gasteiger partial charge is 0.381 e. The minimum absolute atomic E-state index is 0.110. The molecule has 6 heteroatoms. The molecule has 2 aromatic rings. The fourth-order valence-electron chi connectivity index (χ4n) is 3.34. The monoisotopic (exact) mass is 345 g/mol. The van der Waals surface area contributed by atoms with Crippen molar-refractivity contribution in [1.29, 1.82) is 0 Å². The second-order valence-corrected chi connectivity index (χ2v) is 7.54. The van der Waals surface area contributed by atoms with E-state index in [1.165, 1.54) is 18.4 Å². The van der Waals surface area contributed by atoms with E-state index in [9.17, 15) is 4.79 Å². The number of carbonyl (C=O) groups excluding carboxylic acids is 1. The molecule has 1 atom stereocenters. The van der Waals surface area contributed by atoms with Gasteiger partial charge in [0, 0.05) is 49.3 Å². The lowest BCUT2D eigenvalue weighted by Gasteiger charge is -2.31. The second kappa shape index (κ2) is 6.69. The third kappa shape index (κ3) is 3.26. The van der Waals surface area contributed by atoms with E-state index in [0.29, 0.717) is 26.3 Å². The minimum atomic E-state index is 0.110. The van der Waals surface area contributed by atoms with E-state index in [4.69, 9.17) is 9.84 Å². The van der Waals surface area contributed by atoms with Crippen LogP contribution in [0, 0.1) is 5.92 Å². The van der Waals surface area contributed by atoms with E-state index in [2.05, 4.69) is 10.9 Å². The molecule has 0 unspecified atom stereocenters. The average Bonchev–Trinajstić information content (AvgIpc) is 3.08. The lowest BCUT2D eigenvalue weighted by Crippen LogP contribution is -2.39. The van der Waals surface area contributed by atoms with Gasteiger partial charge in [0.25, 0.3) is 5.91 Å². The normalized spacial score (nSPS) is 20.2. The smallest absolute Gasteiger partial charge is 0.255 e. The Labute approximate surface area is 146 Å². The van der Waals surface area contributed by atoms with Crippen molar-refractivity contribution in [2.24, 2.45) is 5.92 Å². The summed E-state index contributed by atoms with van der Waals surface area (Å²) in [6, 6.07) is 1.90. The van der Waals surface area contributed by atoms with Crippen LogP contribution in [0.1, 0.15) is 47.3 Å². The minimum Gasteiger partial charge on any atom is -0.381 e. The summed E-state index contributed by atoms with van der Waals surface area (Å²) in [5, 5.41) is 8.70. The van der Waals surface area contributed by atoms with Gasteiger partial charge in [-0.3, -0.25) is 9.48 Å². The molecule has 0 N–H and O–H groups in total. The van der Waals surface area contributed by atoms with Crippen molar-refractivity contribution < 1.29 is 9.53 Å². The molecule has 4 rings (SSSR count). The predicted molar refractivity (Wildman–Crippen MR) is 93.2 cm³/mol. The van der Waals surface area contributed by atoms with Crippen molar-refractivity contribution in [3.8, 4) is 0 Å². The fourth-order valence-corrected chi connectivity index (χ4v) is 3.97. The number of rotatable bonds is 6. The highest BCUT2D eigenvalue weighted by Crippen LogP contribution is 2.33. The molecule has 1 saturated carbocycles. The van der Waals surface area contributed by atoms with E-state index in [-0.39, 0.29) is 11.8 Å². The van der Waals surface area contributed by atoms with Gasteiger partial charge in [-0.05, 0) is 37.1 Å². The predicted octanol–water partition coefficient (Wildman–Crippen LogP) is 3.13. The van der Waals surface area contributed by atoms with Crippen molar-refractivity contribution >= 4 is 17.2 Å². The van der Waals surface area contributed by atoms with Crippen LogP contribution in [-0.4, -0.2) is 40.3 Å². The van der Waals surface area contributed by atoms with Gasteiger partial charge in [0.15, 0.2) is 0 Å². The summed E-state index contributed by atoms with van der Waals surface area (Å²) in [6.07, 6.45) is 4.77. The van der Waals surface area contributed by atoms with Crippen LogP contribution in [0.15, 0.2) is 23.0 Å². The zero-order valence-corrected chi connectivity index (χ0v) is 14.8. The van der Waals surface area contributed by atoms with Gasteiger partial charge in [0.2, 0.25) is 0 Å². The molecule has 1 aliphatic heterocycles. The average molecular weight is 345 g/mol. The number of hydrogen-bond donors (Lipinski definition) is 0. The molecule has 0 aromatic carbocycles. The molecule has 128 valence electrons. The Bertz CT molecular complexity index is 706. The Morgan fingerprint density at radius 1 is 1.46 bits per heavy atom. The molecule has 0 spiro atoms. The van der Waals surface area contributed by atoms with E-state index < -0.39 is 0 Å². The molecular formula is C18H23N3O2S. The van der Waals surface area contributed by atoms with Crippen LogP contribution in [0.4, 0.5) is 0 Å². The number of carbonyl (C=O) groups is 1. The van der Waals surface area contributed by atoms with Crippen LogP contribution >= 0.6 is 11.3 Å². The Morgan fingerprint density at radius 2 is 2.33 bits per heavy atom. The first-order valence-corrected chi connectivity index (χ1v) is 9.64. The summed E-state index contributed by atoms with van der Waals surface area (Å²) in [4.78, 5) is 14.7. The van der Waals surface area contributed by atoms with Gasteiger partial charge < -0.3 is 9.64 Å². The SMILES string of the molecule is CCOC[C@@H]1CN(C(=O)c2ccsc2)Cc2cn(CC3CC3)nc21. The molecule has 0 radical (unpaired) electrons. The first-order valence-electron chi connectivity index (χ1n) is 8.70. The molecule has 24 heavy (non-hydrogen) atoms. The zero-order valence-electron chi connectivity index (χ0n) is 14.0. The van der Waals surface area contributed by atoms with Gasteiger partial charge >= 0.3 is 0 Å². The van der Waals surface area contributed by atoms with Crippen LogP contribution in [0.3, 0.4) is 0 Å². The molecule has 5 nitrogen and oxygen atoms in total. The Balaban J connectivity index is 1.57. The molecule has 2 aromatic heterocycles. The van der Waals surface area contributed by atoms with Crippen molar-refractivity contribution in [1.82, 2.24) is 14.7 Å². The number of nitrogens with zero attached hydrogens (tertiary/aromatic N) is 3. The first-order chi connectivity index (χ1) is 11.7. The van der Waals surface area contributed by atoms with E-state index in [0.717, 1.165) is 23.7 Å². The quantitative estimate of drug-likeness (QED) is 0.808. The van der Waals surface area contributed by atoms with E-state index in [1.807, 2.05) is 28.7 Å². The standard InChI is InChI=1S/C18H23N3O2S/c1-2-23-11-16-9-20(18(22)14-5-6-24-12-14)8-15-10-21(19-17(15)16)7-13-3-4-13/h5-6,10,12-13,16H,2-4,7-9,11H2,1H3/t16-/m0/s1. The highest BCUT2D eigenvalue weighted by molar-refractivity contribution is 7.08. The van der Waals surface area contributed by atoms with Crippen molar-refractivity contribution in [3.05, 3.63) is 39.8 Å². The van der Waals surface area contributed by atoms with Crippen LogP contribution in [-0.2, 0) is 17.8 Å². The maximum atomic E-state index is 12.7. The topological polar surface area (TPSA) is 47.4 Å². The molecule has 0 bridgehead atoms. The maximum Gasteiger partial charge on any atom is 0.255 e. The lowest BCUT2D eigenvalue weighted by molar-refractivity contribution is 0.0652. The zero-order chi connectivity index (χ0) is 16.5. The van der Waals surface area contributed by atoms with Crippen molar-refractivity contribution in [2.75, 3.05) is 19.8 Å². The number of aromatic nitrogens is 2. The first kappa shape index (κ1) is 15.8. The van der Waals surface area contributed by atoms with Gasteiger partial charge in [-0.1, -0.05) is 0 Å². The van der Waals surface area contributed by atoms with Crippen LogP contribution in [0.5, 0.6) is 0 Å². The molecule has 1 aliphatic carbocycles. The summed E-state index contributed by atoms with van der Waals surface area (Å²) < 4.78 is 7.75. The number of thiophene rings is 1. The molecular weight excluding hydrogens is 322 g/mol. The lowest BCUT2D eigenvalue weighted by atomic mass is 9.97. The van der Waals surface area contributed by atoms with Gasteiger partial charge in [0.1, 0.15) is 0 Å². The fraction of sp³-hybridized carbons (Fsp3) is 0.556. The summed E-state index contributed by atoms with van der Waals surface area (Å²) in [7, 11) is 0. The summed E-state index contributed by atoms with van der Waals surface area (Å²) in [5.41, 5.74) is 3.08. The van der Waals surface area contributed by atoms with Crippen LogP contribution in [0.2, 0.25) is 0 Å².